The van der Waals surface area contributed by atoms with Gasteiger partial charge in [-0.2, -0.15) is 0 Å². The van der Waals surface area contributed by atoms with E-state index in [1.54, 1.807) is 31.4 Å². The minimum absolute atomic E-state index is 0.155. The fourth-order valence-electron chi connectivity index (χ4n) is 2.02. The molecule has 1 amide bonds. The highest BCUT2D eigenvalue weighted by atomic mass is 32.1. The van der Waals surface area contributed by atoms with E-state index in [0.717, 1.165) is 10.4 Å². The quantitative estimate of drug-likeness (QED) is 0.858. The molecule has 0 unspecified atom stereocenters. The van der Waals surface area contributed by atoms with Crippen LogP contribution in [0.1, 0.15) is 30.5 Å². The maximum atomic E-state index is 12.1. The third kappa shape index (κ3) is 3.85. The van der Waals surface area contributed by atoms with Gasteiger partial charge in [0.25, 0.3) is 5.91 Å². The van der Waals surface area contributed by atoms with Crippen molar-refractivity contribution < 1.29 is 19.4 Å². The second kappa shape index (κ2) is 7.09. The zero-order valence-corrected chi connectivity index (χ0v) is 13.2. The predicted octanol–water partition coefficient (Wildman–Crippen LogP) is 2.74. The number of carbonyl (C=O) groups excluding carboxylic acids is 1. The Morgan fingerprint density at radius 3 is 2.55 bits per heavy atom. The molecule has 0 saturated heterocycles. The van der Waals surface area contributed by atoms with Crippen molar-refractivity contribution in [1.82, 2.24) is 5.32 Å². The van der Waals surface area contributed by atoms with Crippen LogP contribution in [0.15, 0.2) is 30.3 Å². The lowest BCUT2D eigenvalue weighted by Crippen LogP contribution is -2.25. The van der Waals surface area contributed by atoms with Crippen molar-refractivity contribution in [1.29, 1.82) is 0 Å². The van der Waals surface area contributed by atoms with E-state index in [-0.39, 0.29) is 11.5 Å². The Bertz CT molecular complexity index is 676. The molecule has 116 valence electrons. The van der Waals surface area contributed by atoms with Gasteiger partial charge in [-0.25, -0.2) is 4.79 Å². The van der Waals surface area contributed by atoms with Crippen molar-refractivity contribution in [2.75, 3.05) is 13.7 Å². The Kier molecular flexibility index (Phi) is 5.16. The van der Waals surface area contributed by atoms with Gasteiger partial charge in [-0.3, -0.25) is 4.79 Å². The van der Waals surface area contributed by atoms with Crippen LogP contribution in [0.3, 0.4) is 0 Å². The second-order valence-corrected chi connectivity index (χ2v) is 6.02. The molecule has 0 fully saturated rings. The normalized spacial score (nSPS) is 10.3. The first-order valence-electron chi connectivity index (χ1n) is 6.76. The highest BCUT2D eigenvalue weighted by molar-refractivity contribution is 7.14. The number of aromatic carboxylic acids is 1. The highest BCUT2D eigenvalue weighted by Gasteiger charge is 2.15. The average Bonchev–Trinajstić information content (AvgIpc) is 2.89. The second-order valence-electron chi connectivity index (χ2n) is 4.76. The van der Waals surface area contributed by atoms with Crippen molar-refractivity contribution in [3.05, 3.63) is 51.2 Å². The van der Waals surface area contributed by atoms with E-state index in [0.29, 0.717) is 23.6 Å². The first-order chi connectivity index (χ1) is 10.5. The van der Waals surface area contributed by atoms with Gasteiger partial charge in [0.2, 0.25) is 0 Å². The maximum Gasteiger partial charge on any atom is 0.335 e. The lowest BCUT2D eigenvalue weighted by atomic mass is 10.1. The largest absolute Gasteiger partial charge is 0.495 e. The molecule has 0 saturated carbocycles. The minimum atomic E-state index is -0.944. The molecule has 22 heavy (non-hydrogen) atoms. The van der Waals surface area contributed by atoms with Gasteiger partial charge in [0.1, 0.15) is 10.6 Å². The molecule has 0 radical (unpaired) electrons. The molecular formula is C16H17NO4S. The molecule has 2 rings (SSSR count). The molecule has 2 aromatic rings. The van der Waals surface area contributed by atoms with E-state index in [9.17, 15) is 9.59 Å². The number of carboxylic acid groups (broad SMARTS) is 1. The first-order valence-corrected chi connectivity index (χ1v) is 7.57. The Labute approximate surface area is 132 Å². The molecule has 0 spiro atoms. The van der Waals surface area contributed by atoms with Crippen LogP contribution in [0.2, 0.25) is 0 Å². The van der Waals surface area contributed by atoms with Gasteiger partial charge in [-0.15, -0.1) is 11.3 Å². The van der Waals surface area contributed by atoms with Crippen molar-refractivity contribution in [3.8, 4) is 5.75 Å². The van der Waals surface area contributed by atoms with Gasteiger partial charge < -0.3 is 15.2 Å². The summed E-state index contributed by atoms with van der Waals surface area (Å²) in [5.41, 5.74) is 1.23. The van der Waals surface area contributed by atoms with E-state index in [1.807, 2.05) is 13.0 Å². The van der Waals surface area contributed by atoms with Crippen LogP contribution in [0.4, 0.5) is 0 Å². The van der Waals surface area contributed by atoms with Crippen LogP contribution >= 0.6 is 11.3 Å². The predicted molar refractivity (Wildman–Crippen MR) is 85.0 cm³/mol. The van der Waals surface area contributed by atoms with E-state index < -0.39 is 5.97 Å². The van der Waals surface area contributed by atoms with Crippen LogP contribution in [0, 0.1) is 6.92 Å². The number of hydrogen-bond acceptors (Lipinski definition) is 4. The fraction of sp³-hybridized carbons (Fsp3) is 0.250. The Hall–Kier alpha value is -2.34. The van der Waals surface area contributed by atoms with Crippen molar-refractivity contribution in [3.63, 3.8) is 0 Å². The number of carbonyl (C=O) groups is 2. The summed E-state index contributed by atoms with van der Waals surface area (Å²) in [6.07, 6.45) is 0.637. The number of benzene rings is 1. The van der Waals surface area contributed by atoms with E-state index in [2.05, 4.69) is 5.32 Å². The van der Waals surface area contributed by atoms with Gasteiger partial charge in [0, 0.05) is 11.4 Å². The molecule has 5 nitrogen and oxygen atoms in total. The summed E-state index contributed by atoms with van der Waals surface area (Å²) in [7, 11) is 1.54. The number of ether oxygens (including phenoxy) is 1. The summed E-state index contributed by atoms with van der Waals surface area (Å²) >= 11 is 1.40. The summed E-state index contributed by atoms with van der Waals surface area (Å²) in [4.78, 5) is 24.5. The summed E-state index contributed by atoms with van der Waals surface area (Å²) < 4.78 is 5.18. The van der Waals surface area contributed by atoms with E-state index in [1.165, 1.54) is 11.3 Å². The van der Waals surface area contributed by atoms with Gasteiger partial charge in [-0.05, 0) is 37.1 Å². The SMILES string of the molecule is COc1cc(C)sc1C(=O)NCCc1ccc(C(=O)O)cc1. The van der Waals surface area contributed by atoms with Crippen LogP contribution in [-0.4, -0.2) is 30.6 Å². The Morgan fingerprint density at radius 1 is 1.27 bits per heavy atom. The third-order valence-corrected chi connectivity index (χ3v) is 4.18. The molecule has 0 bridgehead atoms. The molecule has 0 aliphatic rings. The maximum absolute atomic E-state index is 12.1. The number of amides is 1. The number of hydrogen-bond donors (Lipinski definition) is 2. The van der Waals surface area contributed by atoms with Gasteiger partial charge in [0.05, 0.1) is 12.7 Å². The minimum Gasteiger partial charge on any atom is -0.495 e. The first kappa shape index (κ1) is 16.0. The van der Waals surface area contributed by atoms with Crippen molar-refractivity contribution >= 4 is 23.2 Å². The number of thiophene rings is 1. The number of carboxylic acids is 1. The third-order valence-electron chi connectivity index (χ3n) is 3.15. The Balaban J connectivity index is 1.90. The van der Waals surface area contributed by atoms with Crippen molar-refractivity contribution in [2.45, 2.75) is 13.3 Å². The molecular weight excluding hydrogens is 302 g/mol. The number of aryl methyl sites for hydroxylation is 1. The van der Waals surface area contributed by atoms with Gasteiger partial charge >= 0.3 is 5.97 Å². The molecule has 1 aromatic carbocycles. The van der Waals surface area contributed by atoms with Crippen LogP contribution in [0.5, 0.6) is 5.75 Å². The summed E-state index contributed by atoms with van der Waals surface area (Å²) in [6.45, 7) is 2.40. The lowest BCUT2D eigenvalue weighted by molar-refractivity contribution is 0.0696. The van der Waals surface area contributed by atoms with Gasteiger partial charge in [0.15, 0.2) is 0 Å². The van der Waals surface area contributed by atoms with Crippen LogP contribution in [0.25, 0.3) is 0 Å². The fourth-order valence-corrected chi connectivity index (χ4v) is 2.91. The van der Waals surface area contributed by atoms with E-state index >= 15 is 0 Å². The molecule has 6 heteroatoms. The molecule has 1 heterocycles. The smallest absolute Gasteiger partial charge is 0.335 e. The van der Waals surface area contributed by atoms with Crippen LogP contribution in [-0.2, 0) is 6.42 Å². The number of nitrogens with one attached hydrogen (secondary N) is 1. The molecule has 0 aliphatic carbocycles. The molecule has 1 aromatic heterocycles. The van der Waals surface area contributed by atoms with Crippen molar-refractivity contribution in [2.24, 2.45) is 0 Å². The standard InChI is InChI=1S/C16H17NO4S/c1-10-9-13(21-2)14(22-10)15(18)17-8-7-11-3-5-12(6-4-11)16(19)20/h3-6,9H,7-8H2,1-2H3,(H,17,18)(H,19,20). The van der Waals surface area contributed by atoms with Crippen LogP contribution < -0.4 is 10.1 Å². The zero-order chi connectivity index (χ0) is 16.1. The summed E-state index contributed by atoms with van der Waals surface area (Å²) in [5, 5.41) is 11.7. The molecule has 0 atom stereocenters. The highest BCUT2D eigenvalue weighted by Crippen LogP contribution is 2.28. The average molecular weight is 319 g/mol. The summed E-state index contributed by atoms with van der Waals surface area (Å²) in [6, 6.07) is 8.47. The van der Waals surface area contributed by atoms with E-state index in [4.69, 9.17) is 9.84 Å². The monoisotopic (exact) mass is 319 g/mol. The lowest BCUT2D eigenvalue weighted by Gasteiger charge is -2.06. The number of rotatable bonds is 6. The molecule has 2 N–H and O–H groups in total. The summed E-state index contributed by atoms with van der Waals surface area (Å²) in [5.74, 6) is -0.511. The zero-order valence-electron chi connectivity index (χ0n) is 12.4. The molecule has 0 aliphatic heterocycles. The Morgan fingerprint density at radius 2 is 1.95 bits per heavy atom. The number of methoxy groups -OCH3 is 1. The topological polar surface area (TPSA) is 75.6 Å². The van der Waals surface area contributed by atoms with Gasteiger partial charge in [-0.1, -0.05) is 12.1 Å².